The highest BCUT2D eigenvalue weighted by molar-refractivity contribution is 5.80. The van der Waals surface area contributed by atoms with Crippen molar-refractivity contribution in [3.05, 3.63) is 29.6 Å². The van der Waals surface area contributed by atoms with Crippen LogP contribution in [0.3, 0.4) is 0 Å². The van der Waals surface area contributed by atoms with Crippen molar-refractivity contribution in [2.75, 3.05) is 26.2 Å². The van der Waals surface area contributed by atoms with E-state index in [9.17, 15) is 0 Å². The Kier molecular flexibility index (Phi) is 7.50. The van der Waals surface area contributed by atoms with E-state index >= 15 is 0 Å². The molecule has 5 nitrogen and oxygen atoms in total. The van der Waals surface area contributed by atoms with Gasteiger partial charge in [-0.1, -0.05) is 19.9 Å². The van der Waals surface area contributed by atoms with Crippen molar-refractivity contribution in [3.63, 3.8) is 0 Å². The zero-order chi connectivity index (χ0) is 17.4. The molecule has 0 aliphatic carbocycles. The van der Waals surface area contributed by atoms with E-state index in [2.05, 4.69) is 54.3 Å². The smallest absolute Gasteiger partial charge is 0.191 e. The number of likely N-dealkylation sites (tertiary alicyclic amines) is 1. The van der Waals surface area contributed by atoms with Crippen molar-refractivity contribution in [2.24, 2.45) is 10.9 Å². The quantitative estimate of drug-likeness (QED) is 0.621. The maximum absolute atomic E-state index is 4.72. The third-order valence-corrected chi connectivity index (χ3v) is 4.40. The van der Waals surface area contributed by atoms with Gasteiger partial charge in [0.1, 0.15) is 0 Å². The Morgan fingerprint density at radius 3 is 2.75 bits per heavy atom. The lowest BCUT2D eigenvalue weighted by Gasteiger charge is -2.34. The van der Waals surface area contributed by atoms with Crippen molar-refractivity contribution in [3.8, 4) is 0 Å². The summed E-state index contributed by atoms with van der Waals surface area (Å²) in [6.07, 6.45) is 4.20. The van der Waals surface area contributed by atoms with Crippen LogP contribution in [0, 0.1) is 12.8 Å². The molecule has 2 N–H and O–H groups in total. The van der Waals surface area contributed by atoms with Crippen molar-refractivity contribution in [1.29, 1.82) is 0 Å². The van der Waals surface area contributed by atoms with Gasteiger partial charge in [-0.25, -0.2) is 4.99 Å². The van der Waals surface area contributed by atoms with Crippen LogP contribution in [-0.4, -0.2) is 48.1 Å². The van der Waals surface area contributed by atoms with E-state index in [-0.39, 0.29) is 0 Å². The fraction of sp³-hybridized carbons (Fsp3) is 0.684. The second-order valence-corrected chi connectivity index (χ2v) is 7.08. The van der Waals surface area contributed by atoms with Crippen LogP contribution in [0.15, 0.2) is 23.3 Å². The lowest BCUT2D eigenvalue weighted by Crippen LogP contribution is -2.49. The highest BCUT2D eigenvalue weighted by Crippen LogP contribution is 2.12. The summed E-state index contributed by atoms with van der Waals surface area (Å²) < 4.78 is 0. The number of hydrogen-bond donors (Lipinski definition) is 2. The second-order valence-electron chi connectivity index (χ2n) is 7.08. The monoisotopic (exact) mass is 331 g/mol. The van der Waals surface area contributed by atoms with Crippen LogP contribution in [0.2, 0.25) is 0 Å². The zero-order valence-corrected chi connectivity index (χ0v) is 15.7. The van der Waals surface area contributed by atoms with E-state index in [0.717, 1.165) is 24.1 Å². The molecule has 0 saturated carbocycles. The van der Waals surface area contributed by atoms with Crippen LogP contribution in [0.1, 0.15) is 44.9 Å². The van der Waals surface area contributed by atoms with E-state index in [1.54, 1.807) is 0 Å². The summed E-state index contributed by atoms with van der Waals surface area (Å²) >= 11 is 0. The Morgan fingerprint density at radius 1 is 1.38 bits per heavy atom. The van der Waals surface area contributed by atoms with E-state index in [1.165, 1.54) is 38.0 Å². The molecule has 0 bridgehead atoms. The van der Waals surface area contributed by atoms with E-state index in [0.29, 0.717) is 12.6 Å². The highest BCUT2D eigenvalue weighted by atomic mass is 15.2. The molecule has 0 aromatic carbocycles. The van der Waals surface area contributed by atoms with Crippen molar-refractivity contribution in [2.45, 2.75) is 53.1 Å². The van der Waals surface area contributed by atoms with E-state index in [4.69, 9.17) is 4.99 Å². The number of hydrogen-bond acceptors (Lipinski definition) is 3. The SMILES string of the molecule is CCNC(=NCc1ncccc1C)NC1CCN(CC(C)C)CC1. The topological polar surface area (TPSA) is 52.6 Å². The molecule has 0 unspecified atom stereocenters. The summed E-state index contributed by atoms with van der Waals surface area (Å²) in [7, 11) is 0. The minimum absolute atomic E-state index is 0.510. The Bertz CT molecular complexity index is 518. The third-order valence-electron chi connectivity index (χ3n) is 4.40. The lowest BCUT2D eigenvalue weighted by molar-refractivity contribution is 0.187. The van der Waals surface area contributed by atoms with Gasteiger partial charge in [0.25, 0.3) is 0 Å². The summed E-state index contributed by atoms with van der Waals surface area (Å²) in [4.78, 5) is 11.7. The number of guanidine groups is 1. The van der Waals surface area contributed by atoms with Gasteiger partial charge in [0.2, 0.25) is 0 Å². The number of pyridine rings is 1. The molecule has 5 heteroatoms. The molecule has 1 saturated heterocycles. The van der Waals surface area contributed by atoms with Crippen LogP contribution >= 0.6 is 0 Å². The molecular formula is C19H33N5. The van der Waals surface area contributed by atoms with Crippen LogP contribution in [0.25, 0.3) is 0 Å². The number of nitrogens with zero attached hydrogens (tertiary/aromatic N) is 3. The standard InChI is InChI=1S/C19H33N5/c1-5-20-19(22-13-18-16(4)7-6-10-21-18)23-17-8-11-24(12-9-17)14-15(2)3/h6-7,10,15,17H,5,8-9,11-14H2,1-4H3,(H2,20,22,23). The third kappa shape index (κ3) is 6.11. The first-order valence-electron chi connectivity index (χ1n) is 9.26. The molecule has 2 heterocycles. The Morgan fingerprint density at radius 2 is 2.12 bits per heavy atom. The summed E-state index contributed by atoms with van der Waals surface area (Å²) in [5.41, 5.74) is 2.24. The van der Waals surface area contributed by atoms with Gasteiger partial charge in [-0.2, -0.15) is 0 Å². The molecule has 0 amide bonds. The minimum Gasteiger partial charge on any atom is -0.357 e. The maximum atomic E-state index is 4.72. The molecule has 0 radical (unpaired) electrons. The molecule has 134 valence electrons. The van der Waals surface area contributed by atoms with Gasteiger partial charge in [0.15, 0.2) is 5.96 Å². The van der Waals surface area contributed by atoms with Gasteiger partial charge in [-0.15, -0.1) is 0 Å². The molecule has 0 atom stereocenters. The average Bonchev–Trinajstić information content (AvgIpc) is 2.55. The number of aliphatic imine (C=N–C) groups is 1. The minimum atomic E-state index is 0.510. The number of nitrogens with one attached hydrogen (secondary N) is 2. The number of rotatable bonds is 6. The van der Waals surface area contributed by atoms with E-state index in [1.807, 2.05) is 12.3 Å². The van der Waals surface area contributed by atoms with Gasteiger partial charge >= 0.3 is 0 Å². The van der Waals surface area contributed by atoms with Crippen molar-refractivity contribution < 1.29 is 0 Å². The zero-order valence-electron chi connectivity index (χ0n) is 15.7. The number of aryl methyl sites for hydroxylation is 1. The molecule has 2 rings (SSSR count). The Labute approximate surface area is 147 Å². The Hall–Kier alpha value is -1.62. The fourth-order valence-electron chi connectivity index (χ4n) is 3.13. The number of aromatic nitrogens is 1. The largest absolute Gasteiger partial charge is 0.357 e. The number of piperidine rings is 1. The van der Waals surface area contributed by atoms with Crippen LogP contribution in [0.5, 0.6) is 0 Å². The molecule has 24 heavy (non-hydrogen) atoms. The first-order chi connectivity index (χ1) is 11.6. The van der Waals surface area contributed by atoms with Gasteiger partial charge in [0.05, 0.1) is 12.2 Å². The molecule has 1 aromatic heterocycles. The van der Waals surface area contributed by atoms with Crippen LogP contribution in [0.4, 0.5) is 0 Å². The summed E-state index contributed by atoms with van der Waals surface area (Å²) in [5, 5.41) is 6.97. The molecule has 1 fully saturated rings. The molecule has 1 aromatic rings. The molecule has 1 aliphatic rings. The maximum Gasteiger partial charge on any atom is 0.191 e. The van der Waals surface area contributed by atoms with Crippen LogP contribution < -0.4 is 10.6 Å². The molecular weight excluding hydrogens is 298 g/mol. The Balaban J connectivity index is 1.87. The summed E-state index contributed by atoms with van der Waals surface area (Å²) in [6, 6.07) is 4.57. The highest BCUT2D eigenvalue weighted by Gasteiger charge is 2.20. The summed E-state index contributed by atoms with van der Waals surface area (Å²) in [5.74, 6) is 1.65. The second kappa shape index (κ2) is 9.62. The first-order valence-corrected chi connectivity index (χ1v) is 9.26. The lowest BCUT2D eigenvalue weighted by atomic mass is 10.0. The molecule has 1 aliphatic heterocycles. The average molecular weight is 332 g/mol. The van der Waals surface area contributed by atoms with Gasteiger partial charge < -0.3 is 15.5 Å². The van der Waals surface area contributed by atoms with Crippen LogP contribution in [-0.2, 0) is 6.54 Å². The van der Waals surface area contributed by atoms with Gasteiger partial charge in [-0.3, -0.25) is 4.98 Å². The fourth-order valence-corrected chi connectivity index (χ4v) is 3.13. The summed E-state index contributed by atoms with van der Waals surface area (Å²) in [6.45, 7) is 13.8. The normalized spacial score (nSPS) is 17.3. The van der Waals surface area contributed by atoms with Crippen molar-refractivity contribution >= 4 is 5.96 Å². The van der Waals surface area contributed by atoms with Crippen molar-refractivity contribution in [1.82, 2.24) is 20.5 Å². The van der Waals surface area contributed by atoms with Gasteiger partial charge in [0, 0.05) is 38.4 Å². The first kappa shape index (κ1) is 18.7. The van der Waals surface area contributed by atoms with Gasteiger partial charge in [-0.05, 0) is 44.2 Å². The van der Waals surface area contributed by atoms with E-state index < -0.39 is 0 Å². The predicted molar refractivity (Wildman–Crippen MR) is 101 cm³/mol. The molecule has 0 spiro atoms. The predicted octanol–water partition coefficient (Wildman–Crippen LogP) is 2.57.